The standard InChI is InChI=1S/C15H7F26N/c1-42(2-4(16,17)6(20,21)8(24,25)10(28,29)12(32,33)14(36,37)38)3-5(18,19)7(22,23)9(26,27)11(30,31)13(34,35)15(39,40)41/h2-3H2,1H3. The minimum absolute atomic E-state index is 0.769. The summed E-state index contributed by atoms with van der Waals surface area (Å²) in [6.45, 7) is -7.84. The van der Waals surface area contributed by atoms with E-state index in [1.807, 2.05) is 0 Å². The van der Waals surface area contributed by atoms with E-state index < -0.39 is 96.6 Å². The zero-order valence-electron chi connectivity index (χ0n) is 18.7. The molecule has 0 bridgehead atoms. The topological polar surface area (TPSA) is 3.24 Å². The molecule has 254 valence electrons. The van der Waals surface area contributed by atoms with Gasteiger partial charge in [-0.15, -0.1) is 0 Å². The fraction of sp³-hybridized carbons (Fsp3) is 1.00. The first-order valence-electron chi connectivity index (χ1n) is 9.20. The molecule has 0 radical (unpaired) electrons. The van der Waals surface area contributed by atoms with Gasteiger partial charge < -0.3 is 0 Å². The minimum Gasteiger partial charge on any atom is -0.294 e. The maximum atomic E-state index is 13.7. The summed E-state index contributed by atoms with van der Waals surface area (Å²) in [5, 5.41) is 0. The maximum Gasteiger partial charge on any atom is 0.460 e. The summed E-state index contributed by atoms with van der Waals surface area (Å²) in [6.07, 6.45) is -15.7. The fourth-order valence-corrected chi connectivity index (χ4v) is 2.54. The molecule has 42 heavy (non-hydrogen) atoms. The third-order valence-electron chi connectivity index (χ3n) is 4.93. The van der Waals surface area contributed by atoms with Crippen LogP contribution < -0.4 is 0 Å². The molecule has 0 N–H and O–H groups in total. The van der Waals surface area contributed by atoms with Crippen molar-refractivity contribution in [1.29, 1.82) is 0 Å². The highest BCUT2D eigenvalue weighted by molar-refractivity contribution is 5.12. The Bertz CT molecular complexity index is 876. The van der Waals surface area contributed by atoms with Crippen LogP contribution in [0.5, 0.6) is 0 Å². The normalized spacial score (nSPS) is 16.9. The van der Waals surface area contributed by atoms with E-state index in [1.165, 1.54) is 0 Å². The smallest absolute Gasteiger partial charge is 0.294 e. The Balaban J connectivity index is 6.50. The van der Waals surface area contributed by atoms with Gasteiger partial charge in [-0.3, -0.25) is 4.90 Å². The van der Waals surface area contributed by atoms with Crippen molar-refractivity contribution in [1.82, 2.24) is 4.90 Å². The second-order valence-corrected chi connectivity index (χ2v) is 8.17. The summed E-state index contributed by atoms with van der Waals surface area (Å²) in [6, 6.07) is 0. The highest BCUT2D eigenvalue weighted by Crippen LogP contribution is 2.62. The van der Waals surface area contributed by atoms with E-state index in [0.717, 1.165) is 0 Å². The van der Waals surface area contributed by atoms with Gasteiger partial charge in [-0.1, -0.05) is 0 Å². The molecule has 0 rings (SSSR count). The third-order valence-corrected chi connectivity index (χ3v) is 4.93. The van der Waals surface area contributed by atoms with Gasteiger partial charge in [0, 0.05) is 0 Å². The van der Waals surface area contributed by atoms with Gasteiger partial charge in [0.2, 0.25) is 0 Å². The predicted molar refractivity (Wildman–Crippen MR) is 79.1 cm³/mol. The van der Waals surface area contributed by atoms with Crippen molar-refractivity contribution >= 4 is 0 Å². The number of hydrogen-bond donors (Lipinski definition) is 0. The Hall–Kier alpha value is -1.86. The fourth-order valence-electron chi connectivity index (χ4n) is 2.54. The number of halogens is 26. The molecule has 0 fully saturated rings. The van der Waals surface area contributed by atoms with Crippen molar-refractivity contribution < 1.29 is 114 Å². The SMILES string of the molecule is CN(CC(F)(F)C(F)(F)C(F)(F)C(F)(F)C(F)(F)C(F)(F)F)CC(F)(F)C(F)(F)C(F)(F)C(F)(F)C(F)(F)C(F)(F)F. The van der Waals surface area contributed by atoms with E-state index >= 15 is 0 Å². The Morgan fingerprint density at radius 2 is 0.452 bits per heavy atom. The van der Waals surface area contributed by atoms with Crippen molar-refractivity contribution in [3.63, 3.8) is 0 Å². The molecule has 0 atom stereocenters. The Morgan fingerprint density at radius 1 is 0.286 bits per heavy atom. The lowest BCUT2D eigenvalue weighted by molar-refractivity contribution is -0.442. The molecular formula is C15H7F26N. The van der Waals surface area contributed by atoms with Gasteiger partial charge in [-0.05, 0) is 7.05 Å². The van der Waals surface area contributed by atoms with Crippen LogP contribution in [0.25, 0.3) is 0 Å². The maximum absolute atomic E-state index is 13.7. The largest absolute Gasteiger partial charge is 0.460 e. The molecule has 0 aliphatic heterocycles. The molecule has 0 spiro atoms. The van der Waals surface area contributed by atoms with E-state index in [4.69, 9.17) is 0 Å². The molecule has 0 unspecified atom stereocenters. The quantitative estimate of drug-likeness (QED) is 0.186. The van der Waals surface area contributed by atoms with Crippen LogP contribution >= 0.6 is 0 Å². The number of hydrogen-bond acceptors (Lipinski definition) is 1. The van der Waals surface area contributed by atoms with Gasteiger partial charge in [0.25, 0.3) is 0 Å². The number of nitrogens with zero attached hydrogens (tertiary/aromatic N) is 1. The van der Waals surface area contributed by atoms with Gasteiger partial charge in [-0.25, -0.2) is 0 Å². The van der Waals surface area contributed by atoms with Crippen LogP contribution in [0.4, 0.5) is 114 Å². The first kappa shape index (κ1) is 40.1. The minimum atomic E-state index is -8.53. The molecule has 1 nitrogen and oxygen atoms in total. The van der Waals surface area contributed by atoms with E-state index in [9.17, 15) is 114 Å². The highest BCUT2D eigenvalue weighted by atomic mass is 19.4. The van der Waals surface area contributed by atoms with Crippen molar-refractivity contribution in [2.75, 3.05) is 20.1 Å². The van der Waals surface area contributed by atoms with Crippen LogP contribution in [0, 0.1) is 0 Å². The zero-order valence-corrected chi connectivity index (χ0v) is 18.7. The molecule has 0 aromatic heterocycles. The molecule has 0 saturated heterocycles. The number of alkyl halides is 26. The van der Waals surface area contributed by atoms with Gasteiger partial charge in [-0.2, -0.15) is 114 Å². The van der Waals surface area contributed by atoms with Crippen LogP contribution in [0.3, 0.4) is 0 Å². The third kappa shape index (κ3) is 5.46. The monoisotopic (exact) mass is 695 g/mol. The molecule has 0 amide bonds. The van der Waals surface area contributed by atoms with Gasteiger partial charge in [0.15, 0.2) is 0 Å². The van der Waals surface area contributed by atoms with Crippen LogP contribution in [0.2, 0.25) is 0 Å². The van der Waals surface area contributed by atoms with E-state index in [1.54, 1.807) is 0 Å². The lowest BCUT2D eigenvalue weighted by Gasteiger charge is -2.42. The molecule has 0 aliphatic rings. The molecular weight excluding hydrogens is 688 g/mol. The van der Waals surface area contributed by atoms with Crippen molar-refractivity contribution in [3.8, 4) is 0 Å². The molecule has 27 heteroatoms. The van der Waals surface area contributed by atoms with Gasteiger partial charge in [0.1, 0.15) is 0 Å². The van der Waals surface area contributed by atoms with Gasteiger partial charge in [0.05, 0.1) is 13.1 Å². The molecule has 0 aromatic rings. The summed E-state index contributed by atoms with van der Waals surface area (Å²) in [5.74, 6) is -81.7. The van der Waals surface area contributed by atoms with Crippen LogP contribution in [-0.2, 0) is 0 Å². The van der Waals surface area contributed by atoms with E-state index in [2.05, 4.69) is 0 Å². The first-order valence-corrected chi connectivity index (χ1v) is 9.20. The molecule has 0 aromatic carbocycles. The van der Waals surface area contributed by atoms with Crippen LogP contribution in [0.1, 0.15) is 0 Å². The average molecular weight is 695 g/mol. The van der Waals surface area contributed by atoms with Crippen LogP contribution in [-0.4, -0.2) is 96.6 Å². The lowest BCUT2D eigenvalue weighted by atomic mass is 9.92. The lowest BCUT2D eigenvalue weighted by Crippen LogP contribution is -2.72. The van der Waals surface area contributed by atoms with E-state index in [-0.39, 0.29) is 0 Å². The summed E-state index contributed by atoms with van der Waals surface area (Å²) in [4.78, 5) is -1.77. The zero-order chi connectivity index (χ0) is 35.0. The van der Waals surface area contributed by atoms with Crippen molar-refractivity contribution in [2.45, 2.75) is 71.6 Å². The van der Waals surface area contributed by atoms with Gasteiger partial charge >= 0.3 is 71.6 Å². The van der Waals surface area contributed by atoms with Crippen molar-refractivity contribution in [3.05, 3.63) is 0 Å². The molecule has 0 heterocycles. The summed E-state index contributed by atoms with van der Waals surface area (Å²) < 4.78 is 338. The van der Waals surface area contributed by atoms with E-state index in [0.29, 0.717) is 0 Å². The summed E-state index contributed by atoms with van der Waals surface area (Å²) in [7, 11) is -0.769. The van der Waals surface area contributed by atoms with Crippen molar-refractivity contribution in [2.24, 2.45) is 0 Å². The summed E-state index contributed by atoms with van der Waals surface area (Å²) >= 11 is 0. The Kier molecular flexibility index (Phi) is 9.64. The highest BCUT2D eigenvalue weighted by Gasteiger charge is 2.92. The molecule has 0 aliphatic carbocycles. The summed E-state index contributed by atoms with van der Waals surface area (Å²) in [5.41, 5.74) is 0. The Labute approximate surface area is 212 Å². The molecule has 0 saturated carbocycles. The average Bonchev–Trinajstić information content (AvgIpc) is 2.69. The second-order valence-electron chi connectivity index (χ2n) is 8.17. The first-order chi connectivity index (χ1) is 17.6. The Morgan fingerprint density at radius 3 is 0.619 bits per heavy atom. The predicted octanol–water partition coefficient (Wildman–Crippen LogP) is 8.40. The van der Waals surface area contributed by atoms with Crippen LogP contribution in [0.15, 0.2) is 0 Å². The number of rotatable bonds is 12. The second kappa shape index (κ2) is 10.1.